The molecule has 4 rings (SSSR count). The number of para-hydroxylation sites is 1. The summed E-state index contributed by atoms with van der Waals surface area (Å²) in [5.41, 5.74) is 2.35. The third-order valence-corrected chi connectivity index (χ3v) is 4.03. The third-order valence-electron chi connectivity index (χ3n) is 3.77. The summed E-state index contributed by atoms with van der Waals surface area (Å²) in [6, 6.07) is 17.1. The fourth-order valence-corrected chi connectivity index (χ4v) is 2.75. The Bertz CT molecular complexity index is 858. The molecule has 2 N–H and O–H groups in total. The molecule has 3 aromatic rings. The van der Waals surface area contributed by atoms with E-state index in [1.54, 1.807) is 23.0 Å². The van der Waals surface area contributed by atoms with Gasteiger partial charge in [0, 0.05) is 5.02 Å². The summed E-state index contributed by atoms with van der Waals surface area (Å²) in [5, 5.41) is 11.3. The molecule has 1 aromatic heterocycles. The van der Waals surface area contributed by atoms with Gasteiger partial charge in [0.25, 0.3) is 5.91 Å². The zero-order valence-electron chi connectivity index (χ0n) is 12.0. The summed E-state index contributed by atoms with van der Waals surface area (Å²) in [4.78, 5) is 12.4. The van der Waals surface area contributed by atoms with Crippen molar-refractivity contribution in [1.29, 1.82) is 0 Å². The number of aromatic nitrogens is 2. The second-order valence-corrected chi connectivity index (χ2v) is 5.69. The molecule has 0 aliphatic carbocycles. The second-order valence-electron chi connectivity index (χ2n) is 5.26. The van der Waals surface area contributed by atoms with Crippen molar-refractivity contribution in [3.05, 3.63) is 76.9 Å². The van der Waals surface area contributed by atoms with E-state index in [0.717, 1.165) is 11.3 Å². The number of nitrogens with zero attached hydrogens (tertiary/aromatic N) is 2. The summed E-state index contributed by atoms with van der Waals surface area (Å²) in [5.74, 6) is 0.529. The Labute approximate surface area is 137 Å². The number of hydrogen-bond acceptors (Lipinski definition) is 3. The molecule has 0 radical (unpaired) electrons. The van der Waals surface area contributed by atoms with Gasteiger partial charge in [0.1, 0.15) is 17.5 Å². The van der Waals surface area contributed by atoms with E-state index in [1.807, 2.05) is 42.5 Å². The lowest BCUT2D eigenvalue weighted by atomic mass is 10.1. The van der Waals surface area contributed by atoms with Crippen molar-refractivity contribution in [2.75, 3.05) is 5.32 Å². The molecule has 23 heavy (non-hydrogen) atoms. The van der Waals surface area contributed by atoms with Gasteiger partial charge in [-0.25, -0.2) is 4.68 Å². The Balaban J connectivity index is 1.74. The van der Waals surface area contributed by atoms with Crippen LogP contribution in [0.15, 0.2) is 60.8 Å². The Kier molecular flexibility index (Phi) is 3.28. The standard InChI is InChI=1S/C17H13ClN4O/c18-12-8-6-11(7-9-12)15-20-16-14(17(23)21-15)10-19-22(16)13-4-2-1-3-5-13/h1-10,15,20H,(H,21,23)/t15-/m0/s1. The van der Waals surface area contributed by atoms with Crippen molar-refractivity contribution in [2.24, 2.45) is 0 Å². The average Bonchev–Trinajstić information content (AvgIpc) is 3.01. The number of amides is 1. The van der Waals surface area contributed by atoms with Crippen LogP contribution in [0.5, 0.6) is 0 Å². The quantitative estimate of drug-likeness (QED) is 0.759. The smallest absolute Gasteiger partial charge is 0.258 e. The summed E-state index contributed by atoms with van der Waals surface area (Å²) in [6.45, 7) is 0. The molecule has 0 bridgehead atoms. The zero-order chi connectivity index (χ0) is 15.8. The number of hydrogen-bond donors (Lipinski definition) is 2. The van der Waals surface area contributed by atoms with Crippen LogP contribution >= 0.6 is 11.6 Å². The van der Waals surface area contributed by atoms with Crippen molar-refractivity contribution in [3.63, 3.8) is 0 Å². The van der Waals surface area contributed by atoms with Crippen molar-refractivity contribution in [1.82, 2.24) is 15.1 Å². The molecule has 5 nitrogen and oxygen atoms in total. The highest BCUT2D eigenvalue weighted by Gasteiger charge is 2.28. The van der Waals surface area contributed by atoms with E-state index in [2.05, 4.69) is 15.7 Å². The lowest BCUT2D eigenvalue weighted by molar-refractivity contribution is 0.0935. The van der Waals surface area contributed by atoms with E-state index in [-0.39, 0.29) is 12.1 Å². The maximum absolute atomic E-state index is 12.4. The van der Waals surface area contributed by atoms with Crippen LogP contribution in [-0.4, -0.2) is 15.7 Å². The number of fused-ring (bicyclic) bond motifs is 1. The maximum atomic E-state index is 12.4. The van der Waals surface area contributed by atoms with Gasteiger partial charge in [0.15, 0.2) is 0 Å². The van der Waals surface area contributed by atoms with Gasteiger partial charge in [0.05, 0.1) is 11.9 Å². The van der Waals surface area contributed by atoms with Gasteiger partial charge < -0.3 is 10.6 Å². The highest BCUT2D eigenvalue weighted by Crippen LogP contribution is 2.29. The highest BCUT2D eigenvalue weighted by molar-refractivity contribution is 6.30. The number of nitrogens with one attached hydrogen (secondary N) is 2. The van der Waals surface area contributed by atoms with Crippen LogP contribution in [0, 0.1) is 0 Å². The maximum Gasteiger partial charge on any atom is 0.258 e. The van der Waals surface area contributed by atoms with Gasteiger partial charge in [-0.05, 0) is 29.8 Å². The second kappa shape index (κ2) is 5.44. The molecule has 0 saturated carbocycles. The fraction of sp³-hybridized carbons (Fsp3) is 0.0588. The molecule has 1 amide bonds. The van der Waals surface area contributed by atoms with E-state index < -0.39 is 0 Å². The van der Waals surface area contributed by atoms with Crippen LogP contribution in [0.25, 0.3) is 5.69 Å². The van der Waals surface area contributed by atoms with Crippen molar-refractivity contribution < 1.29 is 4.79 Å². The first-order valence-corrected chi connectivity index (χ1v) is 7.56. The molecule has 0 spiro atoms. The highest BCUT2D eigenvalue weighted by atomic mass is 35.5. The van der Waals surface area contributed by atoms with Crippen LogP contribution in [-0.2, 0) is 0 Å². The molecule has 6 heteroatoms. The van der Waals surface area contributed by atoms with E-state index in [4.69, 9.17) is 11.6 Å². The fourth-order valence-electron chi connectivity index (χ4n) is 2.62. The Hall–Kier alpha value is -2.79. The first kappa shape index (κ1) is 13.8. The first-order chi connectivity index (χ1) is 11.2. The van der Waals surface area contributed by atoms with Crippen LogP contribution < -0.4 is 10.6 Å². The molecule has 1 atom stereocenters. The lowest BCUT2D eigenvalue weighted by Gasteiger charge is -2.27. The molecule has 114 valence electrons. The Morgan fingerprint density at radius 2 is 1.74 bits per heavy atom. The SMILES string of the molecule is O=C1N[C@@H](c2ccc(Cl)cc2)Nc2c1cnn2-c1ccccc1. The summed E-state index contributed by atoms with van der Waals surface area (Å²) in [6.07, 6.45) is 1.24. The van der Waals surface area contributed by atoms with E-state index in [0.29, 0.717) is 16.4 Å². The minimum absolute atomic E-state index is 0.152. The number of carbonyl (C=O) groups excluding carboxylic acids is 1. The van der Waals surface area contributed by atoms with Gasteiger partial charge in [-0.2, -0.15) is 5.10 Å². The minimum atomic E-state index is -0.327. The first-order valence-electron chi connectivity index (χ1n) is 7.19. The molecule has 2 heterocycles. The number of rotatable bonds is 2. The number of halogens is 1. The van der Waals surface area contributed by atoms with Gasteiger partial charge in [-0.3, -0.25) is 4.79 Å². The third kappa shape index (κ3) is 2.45. The molecule has 0 unspecified atom stereocenters. The summed E-state index contributed by atoms with van der Waals surface area (Å²) < 4.78 is 1.73. The van der Waals surface area contributed by atoms with Gasteiger partial charge in [-0.15, -0.1) is 0 Å². The lowest BCUT2D eigenvalue weighted by Crippen LogP contribution is -2.38. The van der Waals surface area contributed by atoms with Gasteiger partial charge in [-0.1, -0.05) is 41.9 Å². The van der Waals surface area contributed by atoms with Gasteiger partial charge >= 0.3 is 0 Å². The molecular formula is C17H13ClN4O. The van der Waals surface area contributed by atoms with E-state index in [9.17, 15) is 4.79 Å². The van der Waals surface area contributed by atoms with E-state index in [1.165, 1.54) is 0 Å². The molecular weight excluding hydrogens is 312 g/mol. The predicted octanol–water partition coefficient (Wildman–Crippen LogP) is 3.38. The minimum Gasteiger partial charge on any atom is -0.345 e. The zero-order valence-corrected chi connectivity index (χ0v) is 12.8. The molecule has 1 aliphatic rings. The number of benzene rings is 2. The van der Waals surface area contributed by atoms with Crippen LogP contribution in [0.3, 0.4) is 0 Å². The van der Waals surface area contributed by atoms with Crippen molar-refractivity contribution in [2.45, 2.75) is 6.17 Å². The molecule has 2 aromatic carbocycles. The summed E-state index contributed by atoms with van der Waals surface area (Å²) in [7, 11) is 0. The number of carbonyl (C=O) groups is 1. The number of anilines is 1. The summed E-state index contributed by atoms with van der Waals surface area (Å²) >= 11 is 5.93. The van der Waals surface area contributed by atoms with Crippen LogP contribution in [0.2, 0.25) is 5.02 Å². The normalized spacial score (nSPS) is 16.4. The van der Waals surface area contributed by atoms with Crippen molar-refractivity contribution >= 4 is 23.3 Å². The Morgan fingerprint density at radius 1 is 1.00 bits per heavy atom. The topological polar surface area (TPSA) is 59.0 Å². The Morgan fingerprint density at radius 3 is 2.48 bits per heavy atom. The molecule has 0 saturated heterocycles. The van der Waals surface area contributed by atoms with Crippen molar-refractivity contribution in [3.8, 4) is 5.69 Å². The monoisotopic (exact) mass is 324 g/mol. The predicted molar refractivity (Wildman–Crippen MR) is 88.8 cm³/mol. The average molecular weight is 325 g/mol. The van der Waals surface area contributed by atoms with Crippen LogP contribution in [0.4, 0.5) is 5.82 Å². The molecule has 1 aliphatic heterocycles. The largest absolute Gasteiger partial charge is 0.345 e. The van der Waals surface area contributed by atoms with Crippen LogP contribution in [0.1, 0.15) is 22.1 Å². The van der Waals surface area contributed by atoms with E-state index >= 15 is 0 Å². The van der Waals surface area contributed by atoms with Gasteiger partial charge in [0.2, 0.25) is 0 Å². The molecule has 0 fully saturated rings.